The highest BCUT2D eigenvalue weighted by molar-refractivity contribution is 5.49. The number of carbonyl (C=O) groups is 1. The molecule has 1 saturated carbocycles. The highest BCUT2D eigenvalue weighted by Gasteiger charge is 2.29. The van der Waals surface area contributed by atoms with Crippen LogP contribution in [0.5, 0.6) is 0 Å². The number of aldehydes is 1. The summed E-state index contributed by atoms with van der Waals surface area (Å²) < 4.78 is 0. The lowest BCUT2D eigenvalue weighted by Crippen LogP contribution is -2.07. The Morgan fingerprint density at radius 2 is 2.23 bits per heavy atom. The topological polar surface area (TPSA) is 17.1 Å². The maximum absolute atomic E-state index is 10.1. The molecule has 1 heteroatoms. The van der Waals surface area contributed by atoms with E-state index in [4.69, 9.17) is 0 Å². The first-order chi connectivity index (χ1) is 6.20. The fraction of sp³-hybridized carbons (Fsp3) is 0.750. The van der Waals surface area contributed by atoms with Crippen LogP contribution < -0.4 is 0 Å². The molecule has 1 aliphatic carbocycles. The minimum absolute atomic E-state index is 0.549. The molecule has 1 atom stereocenters. The summed E-state index contributed by atoms with van der Waals surface area (Å²) in [4.78, 5) is 10.1. The molecule has 1 fully saturated rings. The Balaban J connectivity index is 2.39. The molecule has 13 heavy (non-hydrogen) atoms. The zero-order chi connectivity index (χ0) is 9.73. The van der Waals surface area contributed by atoms with Crippen LogP contribution in [0.4, 0.5) is 0 Å². The Morgan fingerprint density at radius 3 is 2.77 bits per heavy atom. The summed E-state index contributed by atoms with van der Waals surface area (Å²) in [5.41, 5.74) is 2.12. The van der Waals surface area contributed by atoms with Crippen molar-refractivity contribution in [2.75, 3.05) is 0 Å². The van der Waals surface area contributed by atoms with Crippen LogP contribution >= 0.6 is 0 Å². The Bertz CT molecular complexity index is 205. The Labute approximate surface area is 81.2 Å². The van der Waals surface area contributed by atoms with Crippen molar-refractivity contribution in [2.24, 2.45) is 5.41 Å². The largest absolute Gasteiger partial charge is 0.303 e. The van der Waals surface area contributed by atoms with Crippen LogP contribution in [-0.2, 0) is 4.79 Å². The maximum atomic E-state index is 10.1. The van der Waals surface area contributed by atoms with Gasteiger partial charge < -0.3 is 4.79 Å². The molecule has 1 aliphatic rings. The van der Waals surface area contributed by atoms with Crippen molar-refractivity contribution in [3.05, 3.63) is 11.6 Å². The fourth-order valence-corrected chi connectivity index (χ4v) is 2.02. The summed E-state index contributed by atoms with van der Waals surface area (Å²) in [6.45, 7) is 4.64. The summed E-state index contributed by atoms with van der Waals surface area (Å²) in [5.74, 6) is 0. The molecule has 1 rings (SSSR count). The minimum atomic E-state index is 0.549. The van der Waals surface area contributed by atoms with E-state index in [0.717, 1.165) is 12.7 Å². The molecule has 1 unspecified atom stereocenters. The number of allylic oxidation sites excluding steroid dienone is 2. The highest BCUT2D eigenvalue weighted by atomic mass is 16.1. The second kappa shape index (κ2) is 4.59. The van der Waals surface area contributed by atoms with Crippen molar-refractivity contribution in [1.82, 2.24) is 0 Å². The van der Waals surface area contributed by atoms with Gasteiger partial charge in [-0.2, -0.15) is 0 Å². The van der Waals surface area contributed by atoms with Gasteiger partial charge in [-0.25, -0.2) is 0 Å². The normalized spacial score (nSPS) is 31.1. The summed E-state index contributed by atoms with van der Waals surface area (Å²) in [7, 11) is 0. The average Bonchev–Trinajstić information content (AvgIpc) is 2.50. The van der Waals surface area contributed by atoms with Crippen LogP contribution in [-0.4, -0.2) is 6.29 Å². The Morgan fingerprint density at radius 1 is 1.46 bits per heavy atom. The Kier molecular flexibility index (Phi) is 3.71. The number of rotatable bonds is 4. The number of carbonyl (C=O) groups excluding carboxylic acids is 1. The molecule has 1 nitrogen and oxygen atoms in total. The molecule has 0 radical (unpaired) electrons. The van der Waals surface area contributed by atoms with E-state index in [1.54, 1.807) is 5.57 Å². The third-order valence-corrected chi connectivity index (χ3v) is 3.27. The molecular formula is C12H20O. The summed E-state index contributed by atoms with van der Waals surface area (Å²) in [5, 5.41) is 0. The lowest BCUT2D eigenvalue weighted by molar-refractivity contribution is -0.107. The second-order valence-electron chi connectivity index (χ2n) is 4.45. The van der Waals surface area contributed by atoms with E-state index in [1.807, 2.05) is 0 Å². The highest BCUT2D eigenvalue weighted by Crippen LogP contribution is 2.43. The second-order valence-corrected chi connectivity index (χ2v) is 4.45. The van der Waals surface area contributed by atoms with Gasteiger partial charge in [-0.3, -0.25) is 0 Å². The van der Waals surface area contributed by atoms with Crippen molar-refractivity contribution >= 4 is 6.29 Å². The van der Waals surface area contributed by atoms with Crippen molar-refractivity contribution in [1.29, 1.82) is 0 Å². The molecule has 0 aromatic rings. The van der Waals surface area contributed by atoms with Crippen molar-refractivity contribution < 1.29 is 4.79 Å². The van der Waals surface area contributed by atoms with Crippen molar-refractivity contribution in [3.8, 4) is 0 Å². The maximum Gasteiger partial charge on any atom is 0.120 e. The van der Waals surface area contributed by atoms with Gasteiger partial charge in [0.25, 0.3) is 0 Å². The lowest BCUT2D eigenvalue weighted by Gasteiger charge is -2.19. The SMILES string of the molecule is CCC1(C)CCC(=CCCC=O)C1. The lowest BCUT2D eigenvalue weighted by atomic mass is 9.86. The quantitative estimate of drug-likeness (QED) is 0.367. The van der Waals surface area contributed by atoms with Gasteiger partial charge in [-0.15, -0.1) is 0 Å². The summed E-state index contributed by atoms with van der Waals surface area (Å²) in [6, 6.07) is 0. The third kappa shape index (κ3) is 2.98. The van der Waals surface area contributed by atoms with E-state index in [-0.39, 0.29) is 0 Å². The molecule has 0 spiro atoms. The molecule has 0 N–H and O–H groups in total. The third-order valence-electron chi connectivity index (χ3n) is 3.27. The smallest absolute Gasteiger partial charge is 0.120 e. The minimum Gasteiger partial charge on any atom is -0.303 e. The van der Waals surface area contributed by atoms with E-state index >= 15 is 0 Å². The molecule has 0 aromatic carbocycles. The van der Waals surface area contributed by atoms with Crippen LogP contribution in [0.15, 0.2) is 11.6 Å². The predicted molar refractivity (Wildman–Crippen MR) is 55.6 cm³/mol. The molecule has 0 saturated heterocycles. The zero-order valence-electron chi connectivity index (χ0n) is 8.81. The zero-order valence-corrected chi connectivity index (χ0v) is 8.81. The van der Waals surface area contributed by atoms with Crippen LogP contribution in [0.1, 0.15) is 52.4 Å². The molecule has 74 valence electrons. The van der Waals surface area contributed by atoms with E-state index < -0.39 is 0 Å². The predicted octanol–water partition coefficient (Wildman–Crippen LogP) is 3.49. The summed E-state index contributed by atoms with van der Waals surface area (Å²) >= 11 is 0. The molecule has 0 aliphatic heterocycles. The number of hydrogen-bond acceptors (Lipinski definition) is 1. The van der Waals surface area contributed by atoms with Crippen molar-refractivity contribution in [3.63, 3.8) is 0 Å². The molecule has 0 bridgehead atoms. The van der Waals surface area contributed by atoms with Crippen LogP contribution in [0, 0.1) is 5.41 Å². The molecule has 0 aromatic heterocycles. The van der Waals surface area contributed by atoms with Gasteiger partial charge >= 0.3 is 0 Å². The van der Waals surface area contributed by atoms with Gasteiger partial charge in [0, 0.05) is 6.42 Å². The van der Waals surface area contributed by atoms with Crippen molar-refractivity contribution in [2.45, 2.75) is 52.4 Å². The van der Waals surface area contributed by atoms with E-state index in [1.165, 1.54) is 25.7 Å². The van der Waals surface area contributed by atoms with Gasteiger partial charge in [0.15, 0.2) is 0 Å². The van der Waals surface area contributed by atoms with Gasteiger partial charge in [-0.1, -0.05) is 31.9 Å². The average molecular weight is 180 g/mol. The number of unbranched alkanes of at least 4 members (excludes halogenated alkanes) is 1. The van der Waals surface area contributed by atoms with E-state index in [2.05, 4.69) is 19.9 Å². The van der Waals surface area contributed by atoms with Crippen LogP contribution in [0.2, 0.25) is 0 Å². The standard InChI is InChI=1S/C12H20O/c1-3-12(2)8-7-11(10-12)6-4-5-9-13/h6,9H,3-5,7-8,10H2,1-2H3. The molecule has 0 amide bonds. The first-order valence-electron chi connectivity index (χ1n) is 5.32. The van der Waals surface area contributed by atoms with Crippen LogP contribution in [0.25, 0.3) is 0 Å². The first kappa shape index (κ1) is 10.5. The molecule has 0 heterocycles. The summed E-state index contributed by atoms with van der Waals surface area (Å²) in [6.07, 6.45) is 10.0. The first-order valence-corrected chi connectivity index (χ1v) is 5.32. The van der Waals surface area contributed by atoms with E-state index in [0.29, 0.717) is 11.8 Å². The fourth-order valence-electron chi connectivity index (χ4n) is 2.02. The van der Waals surface area contributed by atoms with Crippen LogP contribution in [0.3, 0.4) is 0 Å². The molecular weight excluding hydrogens is 160 g/mol. The van der Waals surface area contributed by atoms with Gasteiger partial charge in [0.2, 0.25) is 0 Å². The van der Waals surface area contributed by atoms with E-state index in [9.17, 15) is 4.79 Å². The van der Waals surface area contributed by atoms with Gasteiger partial charge in [-0.05, 0) is 31.1 Å². The van der Waals surface area contributed by atoms with Gasteiger partial charge in [0.1, 0.15) is 6.29 Å². The Hall–Kier alpha value is -0.590. The number of hydrogen-bond donors (Lipinski definition) is 0. The monoisotopic (exact) mass is 180 g/mol. The van der Waals surface area contributed by atoms with Gasteiger partial charge in [0.05, 0.1) is 0 Å².